The molecule has 2 rings (SSSR count). The number of nitrogens with one attached hydrogen (secondary N) is 1. The van der Waals surface area contributed by atoms with Gasteiger partial charge in [-0.1, -0.05) is 6.42 Å². The molecule has 1 aromatic rings. The number of aromatic carboxylic acids is 1. The van der Waals surface area contributed by atoms with E-state index in [1.807, 2.05) is 0 Å². The molecule has 1 fully saturated rings. The summed E-state index contributed by atoms with van der Waals surface area (Å²) in [6.07, 6.45) is 3.52. The number of hydrogen-bond donors (Lipinski definition) is 3. The molecule has 5 nitrogen and oxygen atoms in total. The Hall–Kier alpha value is -1.75. The highest BCUT2D eigenvalue weighted by molar-refractivity contribution is 5.94. The molecule has 1 saturated carbocycles. The van der Waals surface area contributed by atoms with Gasteiger partial charge in [-0.15, -0.1) is 0 Å². The summed E-state index contributed by atoms with van der Waals surface area (Å²) >= 11 is 0. The van der Waals surface area contributed by atoms with E-state index in [-0.39, 0.29) is 11.7 Å². The minimum absolute atomic E-state index is 0.222. The molecule has 1 aliphatic carbocycles. The molecule has 5 heteroatoms. The van der Waals surface area contributed by atoms with Gasteiger partial charge in [0.1, 0.15) is 5.75 Å². The van der Waals surface area contributed by atoms with E-state index in [2.05, 4.69) is 5.32 Å². The lowest BCUT2D eigenvalue weighted by molar-refractivity contribution is 0.0697. The van der Waals surface area contributed by atoms with E-state index in [1.54, 1.807) is 25.3 Å². The van der Waals surface area contributed by atoms with Gasteiger partial charge in [0, 0.05) is 12.6 Å². The van der Waals surface area contributed by atoms with Crippen LogP contribution in [0.3, 0.4) is 0 Å². The second kappa shape index (κ2) is 6.61. The van der Waals surface area contributed by atoms with Crippen LogP contribution in [0, 0.1) is 5.92 Å². The van der Waals surface area contributed by atoms with Gasteiger partial charge in [0.15, 0.2) is 0 Å². The van der Waals surface area contributed by atoms with Gasteiger partial charge in [0.2, 0.25) is 0 Å². The van der Waals surface area contributed by atoms with E-state index < -0.39 is 5.97 Å². The average Bonchev–Trinajstić information content (AvgIpc) is 2.44. The molecular weight excluding hydrogens is 258 g/mol. The maximum Gasteiger partial charge on any atom is 0.337 e. The molecule has 0 radical (unpaired) electrons. The number of methoxy groups -OCH3 is 1. The molecule has 3 N–H and O–H groups in total. The van der Waals surface area contributed by atoms with E-state index in [0.29, 0.717) is 23.9 Å². The van der Waals surface area contributed by atoms with E-state index >= 15 is 0 Å². The predicted octanol–water partition coefficient (Wildman–Crippen LogP) is 2.36. The molecule has 2 atom stereocenters. The van der Waals surface area contributed by atoms with Gasteiger partial charge in [0.25, 0.3) is 0 Å². The van der Waals surface area contributed by atoms with E-state index in [1.165, 1.54) is 0 Å². The lowest BCUT2D eigenvalue weighted by atomic mass is 9.87. The smallest absolute Gasteiger partial charge is 0.337 e. The van der Waals surface area contributed by atoms with Crippen molar-refractivity contribution < 1.29 is 19.7 Å². The van der Waals surface area contributed by atoms with Crippen molar-refractivity contribution in [1.82, 2.24) is 0 Å². The number of benzene rings is 1. The summed E-state index contributed by atoms with van der Waals surface area (Å²) in [6, 6.07) is 4.88. The zero-order valence-corrected chi connectivity index (χ0v) is 11.6. The Morgan fingerprint density at radius 2 is 2.25 bits per heavy atom. The Kier molecular flexibility index (Phi) is 4.84. The van der Waals surface area contributed by atoms with Crippen LogP contribution in [0.4, 0.5) is 5.69 Å². The largest absolute Gasteiger partial charge is 0.497 e. The summed E-state index contributed by atoms with van der Waals surface area (Å²) in [6.45, 7) is 0.671. The third-order valence-corrected chi connectivity index (χ3v) is 3.79. The number of rotatable bonds is 5. The number of carboxylic acids is 1. The minimum atomic E-state index is -0.959. The third kappa shape index (κ3) is 3.63. The highest BCUT2D eigenvalue weighted by Gasteiger charge is 2.20. The van der Waals surface area contributed by atoms with Crippen LogP contribution in [0.15, 0.2) is 18.2 Å². The van der Waals surface area contributed by atoms with E-state index in [0.717, 1.165) is 25.7 Å². The Morgan fingerprint density at radius 1 is 1.45 bits per heavy atom. The van der Waals surface area contributed by atoms with Crippen molar-refractivity contribution in [2.75, 3.05) is 19.0 Å². The summed E-state index contributed by atoms with van der Waals surface area (Å²) in [7, 11) is 1.55. The lowest BCUT2D eigenvalue weighted by Crippen LogP contribution is -2.25. The standard InChI is InChI=1S/C15H21NO4/c1-20-12-5-6-13(15(18)19)14(8-12)16-9-10-3-2-4-11(17)7-10/h5-6,8,10-11,16-17H,2-4,7,9H2,1H3,(H,18,19). The van der Waals surface area contributed by atoms with Crippen LogP contribution in [-0.2, 0) is 0 Å². The molecule has 0 aliphatic heterocycles. The predicted molar refractivity (Wildman–Crippen MR) is 76.4 cm³/mol. The topological polar surface area (TPSA) is 78.8 Å². The summed E-state index contributed by atoms with van der Waals surface area (Å²) in [5.41, 5.74) is 0.805. The van der Waals surface area contributed by atoms with Crippen LogP contribution < -0.4 is 10.1 Å². The SMILES string of the molecule is COc1ccc(C(=O)O)c(NCC2CCCC(O)C2)c1. The van der Waals surface area contributed by atoms with Gasteiger partial charge in [-0.05, 0) is 37.3 Å². The number of aliphatic hydroxyl groups excluding tert-OH is 1. The maximum absolute atomic E-state index is 11.2. The van der Waals surface area contributed by atoms with Crippen LogP contribution >= 0.6 is 0 Å². The minimum Gasteiger partial charge on any atom is -0.497 e. The van der Waals surface area contributed by atoms with Gasteiger partial charge in [-0.2, -0.15) is 0 Å². The quantitative estimate of drug-likeness (QED) is 0.771. The molecule has 0 saturated heterocycles. The van der Waals surface area contributed by atoms with Crippen molar-refractivity contribution in [1.29, 1.82) is 0 Å². The second-order valence-corrected chi connectivity index (χ2v) is 5.28. The molecule has 0 heterocycles. The van der Waals surface area contributed by atoms with Crippen molar-refractivity contribution in [3.8, 4) is 5.75 Å². The molecule has 1 aromatic carbocycles. The Bertz CT molecular complexity index is 475. The van der Waals surface area contributed by atoms with Gasteiger partial charge in [-0.3, -0.25) is 0 Å². The molecule has 0 spiro atoms. The fourth-order valence-corrected chi connectivity index (χ4v) is 2.69. The first-order chi connectivity index (χ1) is 9.60. The Balaban J connectivity index is 2.05. The van der Waals surface area contributed by atoms with Crippen molar-refractivity contribution in [2.24, 2.45) is 5.92 Å². The summed E-state index contributed by atoms with van der Waals surface area (Å²) in [5.74, 6) is 0.0478. The average molecular weight is 279 g/mol. The van der Waals surface area contributed by atoms with Crippen LogP contribution in [0.2, 0.25) is 0 Å². The molecule has 110 valence electrons. The Morgan fingerprint density at radius 3 is 2.90 bits per heavy atom. The maximum atomic E-state index is 11.2. The monoisotopic (exact) mass is 279 g/mol. The number of hydrogen-bond acceptors (Lipinski definition) is 4. The summed E-state index contributed by atoms with van der Waals surface area (Å²) in [5, 5.41) is 22.0. The van der Waals surface area contributed by atoms with Crippen LogP contribution in [0.5, 0.6) is 5.75 Å². The first kappa shape index (κ1) is 14.7. The van der Waals surface area contributed by atoms with E-state index in [9.17, 15) is 15.0 Å². The third-order valence-electron chi connectivity index (χ3n) is 3.79. The second-order valence-electron chi connectivity index (χ2n) is 5.28. The highest BCUT2D eigenvalue weighted by atomic mass is 16.5. The molecule has 2 unspecified atom stereocenters. The van der Waals surface area contributed by atoms with Crippen molar-refractivity contribution in [2.45, 2.75) is 31.8 Å². The molecule has 0 amide bonds. The van der Waals surface area contributed by atoms with Crippen molar-refractivity contribution >= 4 is 11.7 Å². The Labute approximate surface area is 118 Å². The molecule has 1 aliphatic rings. The first-order valence-corrected chi connectivity index (χ1v) is 6.93. The molecular formula is C15H21NO4. The van der Waals surface area contributed by atoms with Crippen LogP contribution in [-0.4, -0.2) is 35.9 Å². The molecule has 0 bridgehead atoms. The molecule has 0 aromatic heterocycles. The fraction of sp³-hybridized carbons (Fsp3) is 0.533. The zero-order valence-electron chi connectivity index (χ0n) is 11.6. The number of ether oxygens (including phenoxy) is 1. The van der Waals surface area contributed by atoms with Gasteiger partial charge in [0.05, 0.1) is 24.5 Å². The number of carboxylic acid groups (broad SMARTS) is 1. The molecule has 20 heavy (non-hydrogen) atoms. The van der Waals surface area contributed by atoms with Crippen LogP contribution in [0.1, 0.15) is 36.0 Å². The van der Waals surface area contributed by atoms with Gasteiger partial charge >= 0.3 is 5.97 Å². The highest BCUT2D eigenvalue weighted by Crippen LogP contribution is 2.27. The van der Waals surface area contributed by atoms with Gasteiger partial charge < -0.3 is 20.3 Å². The summed E-state index contributed by atoms with van der Waals surface area (Å²) < 4.78 is 5.13. The van der Waals surface area contributed by atoms with Crippen molar-refractivity contribution in [3.63, 3.8) is 0 Å². The van der Waals surface area contributed by atoms with E-state index in [4.69, 9.17) is 4.74 Å². The number of carbonyl (C=O) groups is 1. The normalized spacial score (nSPS) is 22.3. The summed E-state index contributed by atoms with van der Waals surface area (Å²) in [4.78, 5) is 11.2. The number of anilines is 1. The number of aliphatic hydroxyl groups is 1. The first-order valence-electron chi connectivity index (χ1n) is 6.93. The lowest BCUT2D eigenvalue weighted by Gasteiger charge is -2.26. The van der Waals surface area contributed by atoms with Crippen molar-refractivity contribution in [3.05, 3.63) is 23.8 Å². The zero-order chi connectivity index (χ0) is 14.5. The van der Waals surface area contributed by atoms with Crippen LogP contribution in [0.25, 0.3) is 0 Å². The van der Waals surface area contributed by atoms with Gasteiger partial charge in [-0.25, -0.2) is 4.79 Å². The fourth-order valence-electron chi connectivity index (χ4n) is 2.69.